The number of halogens is 1. The molecular formula is C13H13ClN2O2S. The summed E-state index contributed by atoms with van der Waals surface area (Å²) < 4.78 is 0. The standard InChI is InChI=1S/C13H13ClN2O2S/c1-8-11(19-13(18)16-8)12(17)15-7-6-9-2-4-10(14)5-3-9/h2-5H,6-7H2,1H3,(H,15,17)(H,16,18). The summed E-state index contributed by atoms with van der Waals surface area (Å²) in [6, 6.07) is 7.49. The van der Waals surface area contributed by atoms with Crippen molar-refractivity contribution in [2.45, 2.75) is 13.3 Å². The Balaban J connectivity index is 1.89. The molecule has 0 aliphatic rings. The molecular weight excluding hydrogens is 284 g/mol. The molecule has 0 fully saturated rings. The molecule has 0 aliphatic carbocycles. The number of benzene rings is 1. The molecule has 1 amide bonds. The number of thiazole rings is 1. The van der Waals surface area contributed by atoms with Crippen molar-refractivity contribution in [3.63, 3.8) is 0 Å². The molecule has 1 aromatic carbocycles. The predicted molar refractivity (Wildman–Crippen MR) is 77.2 cm³/mol. The molecule has 2 aromatic rings. The van der Waals surface area contributed by atoms with Gasteiger partial charge in [0, 0.05) is 17.3 Å². The first-order valence-corrected chi connectivity index (χ1v) is 6.98. The van der Waals surface area contributed by atoms with Crippen molar-refractivity contribution in [2.24, 2.45) is 0 Å². The molecule has 100 valence electrons. The Hall–Kier alpha value is -1.59. The summed E-state index contributed by atoms with van der Waals surface area (Å²) in [6.45, 7) is 2.23. The summed E-state index contributed by atoms with van der Waals surface area (Å²) in [4.78, 5) is 25.8. The highest BCUT2D eigenvalue weighted by Crippen LogP contribution is 2.10. The molecule has 6 heteroatoms. The second-order valence-corrected chi connectivity index (χ2v) is 5.52. The lowest BCUT2D eigenvalue weighted by molar-refractivity contribution is 0.0957. The molecule has 1 aromatic heterocycles. The van der Waals surface area contributed by atoms with Crippen molar-refractivity contribution in [3.05, 3.63) is 55.1 Å². The summed E-state index contributed by atoms with van der Waals surface area (Å²) in [6.07, 6.45) is 0.723. The molecule has 2 rings (SSSR count). The maximum Gasteiger partial charge on any atom is 0.305 e. The molecule has 0 bridgehead atoms. The van der Waals surface area contributed by atoms with Gasteiger partial charge in [-0.3, -0.25) is 9.59 Å². The lowest BCUT2D eigenvalue weighted by atomic mass is 10.1. The zero-order valence-corrected chi connectivity index (χ0v) is 11.9. The van der Waals surface area contributed by atoms with Crippen LogP contribution in [-0.4, -0.2) is 17.4 Å². The van der Waals surface area contributed by atoms with Crippen molar-refractivity contribution in [3.8, 4) is 0 Å². The third kappa shape index (κ3) is 3.68. The maximum atomic E-state index is 11.8. The van der Waals surface area contributed by atoms with E-state index in [2.05, 4.69) is 10.3 Å². The number of aryl methyl sites for hydroxylation is 1. The van der Waals surface area contributed by atoms with Crippen molar-refractivity contribution < 1.29 is 4.79 Å². The fraction of sp³-hybridized carbons (Fsp3) is 0.231. The second kappa shape index (κ2) is 6.04. The number of carbonyl (C=O) groups is 1. The minimum absolute atomic E-state index is 0.208. The molecule has 0 spiro atoms. The molecule has 2 N–H and O–H groups in total. The second-order valence-electron chi connectivity index (χ2n) is 4.10. The fourth-order valence-corrected chi connectivity index (χ4v) is 2.56. The van der Waals surface area contributed by atoms with Crippen LogP contribution in [0.2, 0.25) is 5.02 Å². The molecule has 0 atom stereocenters. The average Bonchev–Trinajstić information content (AvgIpc) is 2.71. The number of rotatable bonds is 4. The highest BCUT2D eigenvalue weighted by atomic mass is 35.5. The zero-order valence-electron chi connectivity index (χ0n) is 10.3. The number of hydrogen-bond acceptors (Lipinski definition) is 3. The molecule has 0 saturated carbocycles. The SMILES string of the molecule is Cc1[nH]c(=O)sc1C(=O)NCCc1ccc(Cl)cc1. The number of hydrogen-bond donors (Lipinski definition) is 2. The van der Waals surface area contributed by atoms with Crippen LogP contribution in [-0.2, 0) is 6.42 Å². The Morgan fingerprint density at radius 2 is 2.05 bits per heavy atom. The van der Waals surface area contributed by atoms with Crippen molar-refractivity contribution in [2.75, 3.05) is 6.54 Å². The lowest BCUT2D eigenvalue weighted by Crippen LogP contribution is -2.25. The van der Waals surface area contributed by atoms with Gasteiger partial charge in [-0.1, -0.05) is 35.1 Å². The van der Waals surface area contributed by atoms with Gasteiger partial charge in [0.25, 0.3) is 5.91 Å². The largest absolute Gasteiger partial charge is 0.351 e. The van der Waals surface area contributed by atoms with Gasteiger partial charge in [0.1, 0.15) is 4.88 Å². The van der Waals surface area contributed by atoms with Gasteiger partial charge in [-0.25, -0.2) is 0 Å². The van der Waals surface area contributed by atoms with E-state index in [1.807, 2.05) is 24.3 Å². The Labute approximate surface area is 119 Å². The first-order valence-electron chi connectivity index (χ1n) is 5.78. The third-order valence-corrected chi connectivity index (χ3v) is 3.88. The Morgan fingerprint density at radius 3 is 2.63 bits per heavy atom. The van der Waals surface area contributed by atoms with Gasteiger partial charge in [0.2, 0.25) is 0 Å². The molecule has 19 heavy (non-hydrogen) atoms. The van der Waals surface area contributed by atoms with Crippen LogP contribution in [0.25, 0.3) is 0 Å². The fourth-order valence-electron chi connectivity index (χ4n) is 1.67. The monoisotopic (exact) mass is 296 g/mol. The van der Waals surface area contributed by atoms with Crippen molar-refractivity contribution in [1.29, 1.82) is 0 Å². The number of H-pyrrole nitrogens is 1. The number of carbonyl (C=O) groups excluding carboxylic acids is 1. The van der Waals surface area contributed by atoms with E-state index in [-0.39, 0.29) is 10.8 Å². The summed E-state index contributed by atoms with van der Waals surface area (Å²) >= 11 is 6.72. The van der Waals surface area contributed by atoms with Crippen LogP contribution in [0.15, 0.2) is 29.1 Å². The number of nitrogens with one attached hydrogen (secondary N) is 2. The van der Waals surface area contributed by atoms with E-state index in [1.165, 1.54) is 0 Å². The van der Waals surface area contributed by atoms with Crippen LogP contribution >= 0.6 is 22.9 Å². The predicted octanol–water partition coefficient (Wildman–Crippen LogP) is 2.37. The zero-order chi connectivity index (χ0) is 13.8. The van der Waals surface area contributed by atoms with Gasteiger partial charge >= 0.3 is 4.87 Å². The first-order chi connectivity index (χ1) is 9.06. The highest BCUT2D eigenvalue weighted by Gasteiger charge is 2.12. The van der Waals surface area contributed by atoms with Gasteiger partial charge in [-0.15, -0.1) is 0 Å². The van der Waals surface area contributed by atoms with Crippen LogP contribution in [0.1, 0.15) is 20.9 Å². The topological polar surface area (TPSA) is 62.0 Å². The molecule has 0 unspecified atom stereocenters. The maximum absolute atomic E-state index is 11.8. The van der Waals surface area contributed by atoms with Gasteiger partial charge in [-0.05, 0) is 31.0 Å². The first kappa shape index (κ1) is 13.8. The van der Waals surface area contributed by atoms with Crippen LogP contribution in [0, 0.1) is 6.92 Å². The summed E-state index contributed by atoms with van der Waals surface area (Å²) in [5.41, 5.74) is 1.71. The minimum Gasteiger partial charge on any atom is -0.351 e. The number of aromatic nitrogens is 1. The van der Waals surface area contributed by atoms with Crippen molar-refractivity contribution >= 4 is 28.8 Å². The smallest absolute Gasteiger partial charge is 0.305 e. The van der Waals surface area contributed by atoms with E-state index >= 15 is 0 Å². The minimum atomic E-state index is -0.213. The molecule has 0 saturated heterocycles. The quantitative estimate of drug-likeness (QED) is 0.910. The number of amides is 1. The van der Waals surface area contributed by atoms with Gasteiger partial charge in [0.15, 0.2) is 0 Å². The van der Waals surface area contributed by atoms with Gasteiger partial charge in [0.05, 0.1) is 0 Å². The summed E-state index contributed by atoms with van der Waals surface area (Å²) in [5, 5.41) is 3.49. The Kier molecular flexibility index (Phi) is 4.39. The van der Waals surface area contributed by atoms with Gasteiger partial charge in [-0.2, -0.15) is 0 Å². The third-order valence-electron chi connectivity index (χ3n) is 2.64. The van der Waals surface area contributed by atoms with Crippen LogP contribution < -0.4 is 10.2 Å². The van der Waals surface area contributed by atoms with Crippen LogP contribution in [0.4, 0.5) is 0 Å². The van der Waals surface area contributed by atoms with Crippen molar-refractivity contribution in [1.82, 2.24) is 10.3 Å². The number of aromatic amines is 1. The molecule has 4 nitrogen and oxygen atoms in total. The Morgan fingerprint density at radius 1 is 1.37 bits per heavy atom. The molecule has 1 heterocycles. The summed E-state index contributed by atoms with van der Waals surface area (Å²) in [7, 11) is 0. The highest BCUT2D eigenvalue weighted by molar-refractivity contribution is 7.11. The summed E-state index contributed by atoms with van der Waals surface area (Å²) in [5.74, 6) is -0.213. The molecule has 0 radical (unpaired) electrons. The van der Waals surface area contributed by atoms with Crippen LogP contribution in [0.5, 0.6) is 0 Å². The normalized spacial score (nSPS) is 10.4. The Bertz CT molecular complexity index is 631. The van der Waals surface area contributed by atoms with E-state index in [1.54, 1.807) is 6.92 Å². The van der Waals surface area contributed by atoms with Crippen LogP contribution in [0.3, 0.4) is 0 Å². The van der Waals surface area contributed by atoms with E-state index in [4.69, 9.17) is 11.6 Å². The van der Waals surface area contributed by atoms with E-state index < -0.39 is 0 Å². The molecule has 0 aliphatic heterocycles. The van der Waals surface area contributed by atoms with Gasteiger partial charge < -0.3 is 10.3 Å². The lowest BCUT2D eigenvalue weighted by Gasteiger charge is -2.04. The average molecular weight is 297 g/mol. The van der Waals surface area contributed by atoms with E-state index in [0.29, 0.717) is 22.1 Å². The van der Waals surface area contributed by atoms with E-state index in [9.17, 15) is 9.59 Å². The van der Waals surface area contributed by atoms with E-state index in [0.717, 1.165) is 23.3 Å².